The lowest BCUT2D eigenvalue weighted by molar-refractivity contribution is -0.149. The Balaban J connectivity index is 1.61. The molecule has 0 aromatic heterocycles. The number of amides is 1. The van der Waals surface area contributed by atoms with Crippen LogP contribution in [-0.4, -0.2) is 23.0 Å². The average Bonchev–Trinajstić information content (AvgIpc) is 3.24. The van der Waals surface area contributed by atoms with Crippen LogP contribution in [0.4, 0.5) is 4.39 Å². The monoisotopic (exact) mass is 263 g/mol. The van der Waals surface area contributed by atoms with Gasteiger partial charge < -0.3 is 10.4 Å². The molecule has 2 aliphatic rings. The molecule has 2 atom stereocenters. The van der Waals surface area contributed by atoms with Gasteiger partial charge in [0.1, 0.15) is 11.2 Å². The molecule has 2 saturated carbocycles. The third-order valence-electron chi connectivity index (χ3n) is 4.00. The van der Waals surface area contributed by atoms with Gasteiger partial charge in [-0.3, -0.25) is 9.59 Å². The molecular weight excluding hydrogens is 249 g/mol. The van der Waals surface area contributed by atoms with E-state index in [1.165, 1.54) is 12.1 Å². The zero-order valence-corrected chi connectivity index (χ0v) is 10.2. The Labute approximate surface area is 109 Å². The van der Waals surface area contributed by atoms with Gasteiger partial charge in [-0.25, -0.2) is 4.39 Å². The van der Waals surface area contributed by atoms with E-state index in [2.05, 4.69) is 5.32 Å². The first kappa shape index (κ1) is 12.1. The lowest BCUT2D eigenvalue weighted by Gasteiger charge is -2.10. The smallest absolute Gasteiger partial charge is 0.319 e. The van der Waals surface area contributed by atoms with E-state index in [0.717, 1.165) is 12.0 Å². The van der Waals surface area contributed by atoms with Crippen molar-refractivity contribution in [1.82, 2.24) is 5.32 Å². The lowest BCUT2D eigenvalue weighted by Crippen LogP contribution is -2.38. The minimum absolute atomic E-state index is 0.0187. The fourth-order valence-corrected chi connectivity index (χ4v) is 2.40. The minimum Gasteiger partial charge on any atom is -0.480 e. The molecule has 0 heterocycles. The standard InChI is InChI=1S/C14H14FNO3/c15-9-3-1-8(2-4-9)10-7-11(10)16-12(17)14(5-6-14)13(18)19/h1-4,10-11H,5-7H2,(H,16,17)(H,18,19)/t10-,11+/m0/s1. The summed E-state index contributed by atoms with van der Waals surface area (Å²) in [5.41, 5.74) is -0.206. The molecule has 1 aromatic rings. The summed E-state index contributed by atoms with van der Waals surface area (Å²) in [4.78, 5) is 22.9. The fourth-order valence-electron chi connectivity index (χ4n) is 2.40. The largest absolute Gasteiger partial charge is 0.480 e. The molecule has 2 aliphatic carbocycles. The number of hydrogen-bond acceptors (Lipinski definition) is 2. The molecule has 0 bridgehead atoms. The fraction of sp³-hybridized carbons (Fsp3) is 0.429. The highest BCUT2D eigenvalue weighted by molar-refractivity contribution is 6.05. The summed E-state index contributed by atoms with van der Waals surface area (Å²) in [5.74, 6) is -1.53. The second-order valence-corrected chi connectivity index (χ2v) is 5.36. The maximum absolute atomic E-state index is 12.8. The van der Waals surface area contributed by atoms with E-state index < -0.39 is 11.4 Å². The second kappa shape index (κ2) is 4.05. The van der Waals surface area contributed by atoms with Gasteiger partial charge in [-0.2, -0.15) is 0 Å². The number of carboxylic acids is 1. The molecule has 100 valence electrons. The predicted molar refractivity (Wildman–Crippen MR) is 65.0 cm³/mol. The van der Waals surface area contributed by atoms with Crippen LogP contribution in [-0.2, 0) is 9.59 Å². The van der Waals surface area contributed by atoms with Gasteiger partial charge in [0.05, 0.1) is 0 Å². The molecule has 5 heteroatoms. The summed E-state index contributed by atoms with van der Waals surface area (Å²) in [6.07, 6.45) is 1.62. The van der Waals surface area contributed by atoms with Crippen LogP contribution < -0.4 is 5.32 Å². The Morgan fingerprint density at radius 3 is 2.42 bits per heavy atom. The van der Waals surface area contributed by atoms with E-state index in [9.17, 15) is 14.0 Å². The highest BCUT2D eigenvalue weighted by Crippen LogP contribution is 2.48. The van der Waals surface area contributed by atoms with Crippen molar-refractivity contribution in [3.05, 3.63) is 35.6 Å². The quantitative estimate of drug-likeness (QED) is 0.812. The number of carbonyl (C=O) groups is 2. The molecule has 0 aliphatic heterocycles. The van der Waals surface area contributed by atoms with Gasteiger partial charge in [-0.15, -0.1) is 0 Å². The summed E-state index contributed by atoms with van der Waals surface area (Å²) in [6, 6.07) is 6.18. The van der Waals surface area contributed by atoms with Crippen LogP contribution in [0.5, 0.6) is 0 Å². The second-order valence-electron chi connectivity index (χ2n) is 5.36. The van der Waals surface area contributed by atoms with E-state index in [1.807, 2.05) is 0 Å². The van der Waals surface area contributed by atoms with Crippen LogP contribution >= 0.6 is 0 Å². The summed E-state index contributed by atoms with van der Waals surface area (Å²) in [7, 11) is 0. The molecule has 1 aromatic carbocycles. The number of carbonyl (C=O) groups excluding carboxylic acids is 1. The molecule has 0 spiro atoms. The molecule has 0 saturated heterocycles. The molecule has 0 unspecified atom stereocenters. The molecule has 1 amide bonds. The van der Waals surface area contributed by atoms with Crippen molar-refractivity contribution in [3.63, 3.8) is 0 Å². The van der Waals surface area contributed by atoms with Crippen molar-refractivity contribution >= 4 is 11.9 Å². The maximum atomic E-state index is 12.8. The minimum atomic E-state index is -1.18. The number of aliphatic carboxylic acids is 1. The number of rotatable bonds is 4. The van der Waals surface area contributed by atoms with Crippen LogP contribution in [0.3, 0.4) is 0 Å². The van der Waals surface area contributed by atoms with Gasteiger partial charge in [0, 0.05) is 12.0 Å². The van der Waals surface area contributed by atoms with E-state index in [4.69, 9.17) is 5.11 Å². The van der Waals surface area contributed by atoms with Gasteiger partial charge >= 0.3 is 5.97 Å². The Kier molecular flexibility index (Phi) is 2.59. The van der Waals surface area contributed by atoms with Gasteiger partial charge in [-0.1, -0.05) is 12.1 Å². The lowest BCUT2D eigenvalue weighted by atomic mass is 10.1. The highest BCUT2D eigenvalue weighted by atomic mass is 19.1. The Morgan fingerprint density at radius 2 is 1.89 bits per heavy atom. The summed E-state index contributed by atoms with van der Waals surface area (Å²) < 4.78 is 12.8. The first-order chi connectivity index (χ1) is 9.03. The van der Waals surface area contributed by atoms with Crippen LogP contribution in [0.15, 0.2) is 24.3 Å². The summed E-state index contributed by atoms with van der Waals surface area (Å²) in [5, 5.41) is 11.8. The third kappa shape index (κ3) is 2.09. The molecule has 2 fully saturated rings. The van der Waals surface area contributed by atoms with Crippen molar-refractivity contribution in [2.24, 2.45) is 5.41 Å². The van der Waals surface area contributed by atoms with Crippen molar-refractivity contribution in [2.75, 3.05) is 0 Å². The van der Waals surface area contributed by atoms with Crippen molar-refractivity contribution < 1.29 is 19.1 Å². The molecular formula is C14H14FNO3. The van der Waals surface area contributed by atoms with E-state index in [1.54, 1.807) is 12.1 Å². The maximum Gasteiger partial charge on any atom is 0.319 e. The number of nitrogens with one attached hydrogen (secondary N) is 1. The van der Waals surface area contributed by atoms with Crippen molar-refractivity contribution in [1.29, 1.82) is 0 Å². The number of hydrogen-bond donors (Lipinski definition) is 2. The number of halogens is 1. The first-order valence-corrected chi connectivity index (χ1v) is 6.33. The topological polar surface area (TPSA) is 66.4 Å². The normalized spacial score (nSPS) is 26.6. The van der Waals surface area contributed by atoms with Crippen LogP contribution in [0, 0.1) is 11.2 Å². The average molecular weight is 263 g/mol. The van der Waals surface area contributed by atoms with Crippen molar-refractivity contribution in [3.8, 4) is 0 Å². The van der Waals surface area contributed by atoms with Gasteiger partial charge in [-0.05, 0) is 37.0 Å². The highest BCUT2D eigenvalue weighted by Gasteiger charge is 2.58. The third-order valence-corrected chi connectivity index (χ3v) is 4.00. The summed E-state index contributed by atoms with van der Waals surface area (Å²) >= 11 is 0. The first-order valence-electron chi connectivity index (χ1n) is 6.33. The Morgan fingerprint density at radius 1 is 1.26 bits per heavy atom. The molecule has 4 nitrogen and oxygen atoms in total. The SMILES string of the molecule is O=C(O)C1(C(=O)N[C@@H]2C[C@H]2c2ccc(F)cc2)CC1. The van der Waals surface area contributed by atoms with Gasteiger partial charge in [0.25, 0.3) is 0 Å². The van der Waals surface area contributed by atoms with Crippen molar-refractivity contribution in [2.45, 2.75) is 31.2 Å². The van der Waals surface area contributed by atoms with Crippen LogP contribution in [0.25, 0.3) is 0 Å². The van der Waals surface area contributed by atoms with Crippen LogP contribution in [0.2, 0.25) is 0 Å². The molecule has 3 rings (SSSR count). The Hall–Kier alpha value is -1.91. The number of benzene rings is 1. The molecule has 2 N–H and O–H groups in total. The van der Waals surface area contributed by atoms with Gasteiger partial charge in [0.15, 0.2) is 0 Å². The van der Waals surface area contributed by atoms with E-state index >= 15 is 0 Å². The molecule has 19 heavy (non-hydrogen) atoms. The van der Waals surface area contributed by atoms with Crippen LogP contribution in [0.1, 0.15) is 30.7 Å². The summed E-state index contributed by atoms with van der Waals surface area (Å²) in [6.45, 7) is 0. The number of carboxylic acid groups (broad SMARTS) is 1. The van der Waals surface area contributed by atoms with E-state index in [0.29, 0.717) is 12.8 Å². The van der Waals surface area contributed by atoms with E-state index in [-0.39, 0.29) is 23.7 Å². The predicted octanol–water partition coefficient (Wildman–Crippen LogP) is 1.66. The zero-order chi connectivity index (χ0) is 13.6. The molecule has 0 radical (unpaired) electrons. The van der Waals surface area contributed by atoms with Gasteiger partial charge in [0.2, 0.25) is 5.91 Å². The zero-order valence-electron chi connectivity index (χ0n) is 10.2. The Bertz CT molecular complexity index is 536.